The smallest absolute Gasteiger partial charge is 0.340 e. The van der Waals surface area contributed by atoms with E-state index in [0.717, 1.165) is 37.6 Å². The second-order valence-corrected chi connectivity index (χ2v) is 7.44. The molecule has 1 N–H and O–H groups in total. The standard InChI is InChI=1S/C19H31N3O3/c1-19(2,3)25-18(23)16-7-6-15(14-17(16)20-8-13-24-5)22-11-9-21(4)10-12-22/h6-7,14,20H,8-13H2,1-5H3. The molecule has 1 aliphatic rings. The van der Waals surface area contributed by atoms with Crippen molar-refractivity contribution in [2.45, 2.75) is 26.4 Å². The molecule has 0 spiro atoms. The third-order valence-electron chi connectivity index (χ3n) is 4.11. The molecule has 140 valence electrons. The van der Waals surface area contributed by atoms with Crippen LogP contribution in [0.2, 0.25) is 0 Å². The summed E-state index contributed by atoms with van der Waals surface area (Å²) in [5, 5.41) is 3.31. The van der Waals surface area contributed by atoms with Crippen LogP contribution in [0, 0.1) is 0 Å². The number of hydrogen-bond donors (Lipinski definition) is 1. The van der Waals surface area contributed by atoms with Gasteiger partial charge in [0, 0.05) is 45.5 Å². The number of nitrogens with zero attached hydrogens (tertiary/aromatic N) is 2. The molecule has 0 amide bonds. The highest BCUT2D eigenvalue weighted by Crippen LogP contribution is 2.26. The number of nitrogens with one attached hydrogen (secondary N) is 1. The summed E-state index contributed by atoms with van der Waals surface area (Å²) in [6, 6.07) is 5.91. The second-order valence-electron chi connectivity index (χ2n) is 7.44. The summed E-state index contributed by atoms with van der Waals surface area (Å²) < 4.78 is 10.6. The van der Waals surface area contributed by atoms with Crippen molar-refractivity contribution in [2.24, 2.45) is 0 Å². The van der Waals surface area contributed by atoms with Crippen molar-refractivity contribution in [1.82, 2.24) is 4.90 Å². The highest BCUT2D eigenvalue weighted by Gasteiger charge is 2.22. The maximum Gasteiger partial charge on any atom is 0.340 e. The molecule has 1 aliphatic heterocycles. The van der Waals surface area contributed by atoms with Gasteiger partial charge in [-0.25, -0.2) is 4.79 Å². The van der Waals surface area contributed by atoms with Crippen LogP contribution in [0.4, 0.5) is 11.4 Å². The molecule has 0 saturated carbocycles. The van der Waals surface area contributed by atoms with Gasteiger partial charge in [-0.1, -0.05) is 0 Å². The van der Waals surface area contributed by atoms with E-state index in [1.165, 1.54) is 0 Å². The molecular weight excluding hydrogens is 318 g/mol. The molecule has 0 aromatic heterocycles. The van der Waals surface area contributed by atoms with E-state index < -0.39 is 5.60 Å². The van der Waals surface area contributed by atoms with Crippen molar-refractivity contribution in [2.75, 3.05) is 63.7 Å². The Bertz CT molecular complexity index is 576. The Kier molecular flexibility index (Phi) is 6.67. The first-order chi connectivity index (χ1) is 11.8. The maximum atomic E-state index is 12.5. The molecule has 0 radical (unpaired) electrons. The van der Waals surface area contributed by atoms with Crippen LogP contribution in [-0.2, 0) is 9.47 Å². The lowest BCUT2D eigenvalue weighted by Gasteiger charge is -2.34. The predicted octanol–water partition coefficient (Wildman–Crippen LogP) is 2.45. The molecule has 1 saturated heterocycles. The Morgan fingerprint density at radius 1 is 1.20 bits per heavy atom. The Balaban J connectivity index is 2.21. The van der Waals surface area contributed by atoms with E-state index in [1.807, 2.05) is 39.0 Å². The van der Waals surface area contributed by atoms with Crippen molar-refractivity contribution < 1.29 is 14.3 Å². The minimum absolute atomic E-state index is 0.308. The van der Waals surface area contributed by atoms with E-state index in [4.69, 9.17) is 9.47 Å². The molecule has 2 rings (SSSR count). The number of esters is 1. The number of methoxy groups -OCH3 is 1. The first-order valence-electron chi connectivity index (χ1n) is 8.84. The first kappa shape index (κ1) is 19.5. The lowest BCUT2D eigenvalue weighted by Crippen LogP contribution is -2.44. The minimum atomic E-state index is -0.517. The van der Waals surface area contributed by atoms with E-state index in [9.17, 15) is 4.79 Å². The van der Waals surface area contributed by atoms with Gasteiger partial charge >= 0.3 is 5.97 Å². The maximum absolute atomic E-state index is 12.5. The van der Waals surface area contributed by atoms with Crippen LogP contribution in [0.3, 0.4) is 0 Å². The van der Waals surface area contributed by atoms with Crippen molar-refractivity contribution in [1.29, 1.82) is 0 Å². The fourth-order valence-corrected chi connectivity index (χ4v) is 2.74. The highest BCUT2D eigenvalue weighted by molar-refractivity contribution is 5.96. The van der Waals surface area contributed by atoms with Crippen LogP contribution in [0.25, 0.3) is 0 Å². The molecule has 6 heteroatoms. The number of likely N-dealkylation sites (N-methyl/N-ethyl adjacent to an activating group) is 1. The Hall–Kier alpha value is -1.79. The molecule has 0 atom stereocenters. The van der Waals surface area contributed by atoms with Crippen molar-refractivity contribution >= 4 is 17.3 Å². The molecule has 0 unspecified atom stereocenters. The van der Waals surface area contributed by atoms with Crippen LogP contribution in [0.15, 0.2) is 18.2 Å². The quantitative estimate of drug-likeness (QED) is 0.629. The van der Waals surface area contributed by atoms with E-state index in [-0.39, 0.29) is 5.97 Å². The number of ether oxygens (including phenoxy) is 2. The fourth-order valence-electron chi connectivity index (χ4n) is 2.74. The number of carbonyl (C=O) groups is 1. The monoisotopic (exact) mass is 349 g/mol. The van der Waals surface area contributed by atoms with Gasteiger partial charge in [-0.15, -0.1) is 0 Å². The number of hydrogen-bond acceptors (Lipinski definition) is 6. The van der Waals surface area contributed by atoms with Crippen LogP contribution < -0.4 is 10.2 Å². The molecule has 1 aromatic carbocycles. The van der Waals surface area contributed by atoms with Gasteiger partial charge in [-0.3, -0.25) is 0 Å². The summed E-state index contributed by atoms with van der Waals surface area (Å²) in [6.07, 6.45) is 0. The van der Waals surface area contributed by atoms with Gasteiger partial charge in [0.15, 0.2) is 0 Å². The summed E-state index contributed by atoms with van der Waals surface area (Å²) in [5.74, 6) is -0.308. The SMILES string of the molecule is COCCNc1cc(N2CCN(C)CC2)ccc1C(=O)OC(C)(C)C. The van der Waals surface area contributed by atoms with Gasteiger partial charge in [0.25, 0.3) is 0 Å². The normalized spacial score (nSPS) is 16.0. The van der Waals surface area contributed by atoms with Gasteiger partial charge in [-0.2, -0.15) is 0 Å². The zero-order chi connectivity index (χ0) is 18.4. The van der Waals surface area contributed by atoms with Crippen LogP contribution in [-0.4, -0.2) is 70.0 Å². The van der Waals surface area contributed by atoms with Crippen LogP contribution in [0.5, 0.6) is 0 Å². The third-order valence-corrected chi connectivity index (χ3v) is 4.11. The van der Waals surface area contributed by atoms with E-state index in [1.54, 1.807) is 7.11 Å². The molecule has 1 fully saturated rings. The summed E-state index contributed by atoms with van der Waals surface area (Å²) in [4.78, 5) is 17.2. The number of carbonyl (C=O) groups excluding carboxylic acids is 1. The van der Waals surface area contributed by atoms with Crippen LogP contribution in [0.1, 0.15) is 31.1 Å². The zero-order valence-electron chi connectivity index (χ0n) is 16.1. The molecule has 1 heterocycles. The number of rotatable bonds is 6. The average Bonchev–Trinajstić information content (AvgIpc) is 2.54. The molecule has 1 aromatic rings. The molecule has 0 bridgehead atoms. The Morgan fingerprint density at radius 2 is 1.88 bits per heavy atom. The second kappa shape index (κ2) is 8.54. The third kappa shape index (κ3) is 5.90. The van der Waals surface area contributed by atoms with Gasteiger partial charge in [0.1, 0.15) is 5.60 Å². The van der Waals surface area contributed by atoms with Crippen LogP contribution >= 0.6 is 0 Å². The highest BCUT2D eigenvalue weighted by atomic mass is 16.6. The summed E-state index contributed by atoms with van der Waals surface area (Å²) in [7, 11) is 3.80. The fraction of sp³-hybridized carbons (Fsp3) is 0.632. The topological polar surface area (TPSA) is 54.0 Å². The van der Waals surface area contributed by atoms with Gasteiger partial charge in [0.05, 0.1) is 17.9 Å². The molecular formula is C19H31N3O3. The van der Waals surface area contributed by atoms with Gasteiger partial charge in [0.2, 0.25) is 0 Å². The molecule has 0 aliphatic carbocycles. The van der Waals surface area contributed by atoms with Crippen molar-refractivity contribution in [3.63, 3.8) is 0 Å². The van der Waals surface area contributed by atoms with Crippen molar-refractivity contribution in [3.05, 3.63) is 23.8 Å². The summed E-state index contributed by atoms with van der Waals surface area (Å²) in [5.41, 5.74) is 1.96. The Morgan fingerprint density at radius 3 is 2.48 bits per heavy atom. The Labute approximate surface area is 151 Å². The first-order valence-corrected chi connectivity index (χ1v) is 8.84. The number of benzene rings is 1. The average molecular weight is 349 g/mol. The van der Waals surface area contributed by atoms with E-state index in [2.05, 4.69) is 22.2 Å². The zero-order valence-corrected chi connectivity index (χ0v) is 16.1. The summed E-state index contributed by atoms with van der Waals surface area (Å²) in [6.45, 7) is 10.9. The van der Waals surface area contributed by atoms with Gasteiger partial charge in [-0.05, 0) is 46.0 Å². The largest absolute Gasteiger partial charge is 0.456 e. The number of anilines is 2. The lowest BCUT2D eigenvalue weighted by molar-refractivity contribution is 0.00706. The van der Waals surface area contributed by atoms with E-state index in [0.29, 0.717) is 18.7 Å². The molecule has 25 heavy (non-hydrogen) atoms. The minimum Gasteiger partial charge on any atom is -0.456 e. The lowest BCUT2D eigenvalue weighted by atomic mass is 10.1. The van der Waals surface area contributed by atoms with Crippen molar-refractivity contribution in [3.8, 4) is 0 Å². The molecule has 6 nitrogen and oxygen atoms in total. The van der Waals surface area contributed by atoms with Gasteiger partial charge < -0.3 is 24.6 Å². The number of piperazine rings is 1. The van der Waals surface area contributed by atoms with E-state index >= 15 is 0 Å². The predicted molar refractivity (Wildman–Crippen MR) is 102 cm³/mol. The summed E-state index contributed by atoms with van der Waals surface area (Å²) >= 11 is 0.